The number of hydrogen-bond acceptors (Lipinski definition) is 0. The molecular formula is C13H30O. The van der Waals surface area contributed by atoms with E-state index in [1.165, 1.54) is 6.42 Å². The zero-order valence-electron chi connectivity index (χ0n) is 11.1. The van der Waals surface area contributed by atoms with Gasteiger partial charge in [0.2, 0.25) is 0 Å². The molecular weight excluding hydrogens is 172 g/mol. The zero-order chi connectivity index (χ0) is 10.6. The summed E-state index contributed by atoms with van der Waals surface area (Å²) >= 11 is 0. The van der Waals surface area contributed by atoms with E-state index in [9.17, 15) is 0 Å². The Hall–Kier alpha value is -0.0400. The van der Waals surface area contributed by atoms with Crippen LogP contribution in [0.2, 0.25) is 0 Å². The van der Waals surface area contributed by atoms with Crippen molar-refractivity contribution in [3.05, 3.63) is 0 Å². The lowest BCUT2D eigenvalue weighted by molar-refractivity contribution is 0.0855. The van der Waals surface area contributed by atoms with E-state index in [-0.39, 0.29) is 5.48 Å². The minimum absolute atomic E-state index is 0. The first kappa shape index (κ1) is 16.4. The van der Waals surface area contributed by atoms with Gasteiger partial charge in [-0.1, -0.05) is 48.5 Å². The molecule has 0 heterocycles. The fourth-order valence-electron chi connectivity index (χ4n) is 2.53. The Kier molecular flexibility index (Phi) is 8.52. The summed E-state index contributed by atoms with van der Waals surface area (Å²) in [4.78, 5) is 0. The highest BCUT2D eigenvalue weighted by Crippen LogP contribution is 2.41. The summed E-state index contributed by atoms with van der Waals surface area (Å²) in [6, 6.07) is 0. The average molecular weight is 202 g/mol. The van der Waals surface area contributed by atoms with Crippen molar-refractivity contribution in [3.63, 3.8) is 0 Å². The van der Waals surface area contributed by atoms with Crippen molar-refractivity contribution in [2.24, 2.45) is 29.6 Å². The Morgan fingerprint density at radius 2 is 0.929 bits per heavy atom. The quantitative estimate of drug-likeness (QED) is 0.572. The molecule has 1 aliphatic rings. The van der Waals surface area contributed by atoms with E-state index >= 15 is 0 Å². The van der Waals surface area contributed by atoms with Crippen molar-refractivity contribution >= 4 is 0 Å². The van der Waals surface area contributed by atoms with E-state index in [0.29, 0.717) is 0 Å². The maximum Gasteiger partial charge on any atom is -0.0386 e. The lowest BCUT2D eigenvalue weighted by Crippen LogP contribution is -2.33. The van der Waals surface area contributed by atoms with Crippen molar-refractivity contribution in [1.82, 2.24) is 0 Å². The van der Waals surface area contributed by atoms with Crippen LogP contribution in [0.3, 0.4) is 0 Å². The molecule has 1 aliphatic carbocycles. The van der Waals surface area contributed by atoms with Crippen LogP contribution < -0.4 is 0 Å². The van der Waals surface area contributed by atoms with Gasteiger partial charge in [-0.3, -0.25) is 0 Å². The summed E-state index contributed by atoms with van der Waals surface area (Å²) in [6.07, 6.45) is 1.44. The fraction of sp³-hybridized carbons (Fsp3) is 1.00. The number of rotatable bonds is 0. The molecule has 0 saturated heterocycles. The maximum atomic E-state index is 2.42. The number of hydrogen-bond donors (Lipinski definition) is 0. The summed E-state index contributed by atoms with van der Waals surface area (Å²) in [5.41, 5.74) is 0. The van der Waals surface area contributed by atoms with Crippen LogP contribution >= 0.6 is 0 Å². The van der Waals surface area contributed by atoms with E-state index in [4.69, 9.17) is 0 Å². The average Bonchev–Trinajstić information content (AvgIpc) is 2.15. The SMILES string of the molecule is CC.CC1CC(C)C(C)C(C)C1C.O. The highest BCUT2D eigenvalue weighted by molar-refractivity contribution is 4.82. The third-order valence-electron chi connectivity index (χ3n) is 4.20. The molecule has 0 aromatic rings. The van der Waals surface area contributed by atoms with Crippen molar-refractivity contribution < 1.29 is 5.48 Å². The molecule has 0 radical (unpaired) electrons. The van der Waals surface area contributed by atoms with E-state index < -0.39 is 0 Å². The largest absolute Gasteiger partial charge is 0.412 e. The van der Waals surface area contributed by atoms with Crippen LogP contribution in [0.25, 0.3) is 0 Å². The van der Waals surface area contributed by atoms with Crippen molar-refractivity contribution in [2.45, 2.75) is 54.9 Å². The second-order valence-corrected chi connectivity index (χ2v) is 4.77. The first-order chi connectivity index (χ1) is 6.04. The Bertz CT molecular complexity index is 119. The Morgan fingerprint density at radius 3 is 1.21 bits per heavy atom. The van der Waals surface area contributed by atoms with Crippen LogP contribution in [0.5, 0.6) is 0 Å². The minimum atomic E-state index is 0. The predicted octanol–water partition coefficient (Wildman–Crippen LogP) is 3.77. The van der Waals surface area contributed by atoms with Crippen LogP contribution in [0.1, 0.15) is 54.9 Å². The lowest BCUT2D eigenvalue weighted by Gasteiger charge is -2.41. The van der Waals surface area contributed by atoms with Crippen molar-refractivity contribution in [2.75, 3.05) is 0 Å². The summed E-state index contributed by atoms with van der Waals surface area (Å²) in [5.74, 6) is 4.67. The zero-order valence-corrected chi connectivity index (χ0v) is 11.1. The highest BCUT2D eigenvalue weighted by atomic mass is 16.0. The van der Waals surface area contributed by atoms with E-state index in [2.05, 4.69) is 34.6 Å². The topological polar surface area (TPSA) is 31.5 Å². The van der Waals surface area contributed by atoms with Crippen molar-refractivity contribution in [3.8, 4) is 0 Å². The van der Waals surface area contributed by atoms with Crippen LogP contribution in [-0.4, -0.2) is 5.48 Å². The molecule has 1 nitrogen and oxygen atoms in total. The predicted molar refractivity (Wildman–Crippen MR) is 65.4 cm³/mol. The molecule has 0 aliphatic heterocycles. The molecule has 4 unspecified atom stereocenters. The normalized spacial score (nSPS) is 41.8. The molecule has 1 heteroatoms. The molecule has 1 fully saturated rings. The van der Waals surface area contributed by atoms with Crippen LogP contribution in [0, 0.1) is 29.6 Å². The van der Waals surface area contributed by atoms with Gasteiger partial charge in [0.25, 0.3) is 0 Å². The standard InChI is InChI=1S/C11H22.C2H6.H2O/c1-7-6-8(2)10(4)11(5)9(7)3;1-2;/h7-11H,6H2,1-5H3;1-2H3;1H2. The molecule has 2 N–H and O–H groups in total. The summed E-state index contributed by atoms with van der Waals surface area (Å²) in [5, 5.41) is 0. The molecule has 1 saturated carbocycles. The Balaban J connectivity index is 0. The molecule has 4 atom stereocenters. The Labute approximate surface area is 90.6 Å². The minimum Gasteiger partial charge on any atom is -0.412 e. The second-order valence-electron chi connectivity index (χ2n) is 4.77. The lowest BCUT2D eigenvalue weighted by atomic mass is 9.65. The van der Waals surface area contributed by atoms with Gasteiger partial charge in [-0.25, -0.2) is 0 Å². The molecule has 0 spiro atoms. The van der Waals surface area contributed by atoms with Gasteiger partial charge in [0, 0.05) is 0 Å². The van der Waals surface area contributed by atoms with Gasteiger partial charge in [0.15, 0.2) is 0 Å². The maximum absolute atomic E-state index is 2.42. The van der Waals surface area contributed by atoms with Crippen LogP contribution in [0.4, 0.5) is 0 Å². The first-order valence-electron chi connectivity index (χ1n) is 6.04. The molecule has 0 bridgehead atoms. The van der Waals surface area contributed by atoms with Crippen LogP contribution in [0.15, 0.2) is 0 Å². The molecule has 14 heavy (non-hydrogen) atoms. The van der Waals surface area contributed by atoms with Gasteiger partial charge in [-0.05, 0) is 36.0 Å². The summed E-state index contributed by atoms with van der Waals surface area (Å²) in [6.45, 7) is 16.1. The van der Waals surface area contributed by atoms with Gasteiger partial charge in [-0.2, -0.15) is 0 Å². The van der Waals surface area contributed by atoms with Crippen molar-refractivity contribution in [1.29, 1.82) is 0 Å². The Morgan fingerprint density at radius 1 is 0.643 bits per heavy atom. The summed E-state index contributed by atoms with van der Waals surface area (Å²) in [7, 11) is 0. The van der Waals surface area contributed by atoms with Gasteiger partial charge in [-0.15, -0.1) is 0 Å². The van der Waals surface area contributed by atoms with Gasteiger partial charge in [0.05, 0.1) is 0 Å². The van der Waals surface area contributed by atoms with Gasteiger partial charge in [0.1, 0.15) is 0 Å². The van der Waals surface area contributed by atoms with Gasteiger partial charge < -0.3 is 5.48 Å². The fourth-order valence-corrected chi connectivity index (χ4v) is 2.53. The molecule has 88 valence electrons. The second kappa shape index (κ2) is 7.28. The summed E-state index contributed by atoms with van der Waals surface area (Å²) < 4.78 is 0. The van der Waals surface area contributed by atoms with E-state index in [0.717, 1.165) is 29.6 Å². The molecule has 0 aromatic heterocycles. The van der Waals surface area contributed by atoms with E-state index in [1.807, 2.05) is 13.8 Å². The molecule has 1 rings (SSSR count). The van der Waals surface area contributed by atoms with E-state index in [1.54, 1.807) is 0 Å². The third kappa shape index (κ3) is 3.61. The molecule has 0 aromatic carbocycles. The van der Waals surface area contributed by atoms with Crippen LogP contribution in [-0.2, 0) is 0 Å². The first-order valence-corrected chi connectivity index (χ1v) is 6.04. The third-order valence-corrected chi connectivity index (χ3v) is 4.20. The highest BCUT2D eigenvalue weighted by Gasteiger charge is 2.33. The van der Waals surface area contributed by atoms with Gasteiger partial charge >= 0.3 is 0 Å². The smallest absolute Gasteiger partial charge is 0.0386 e. The monoisotopic (exact) mass is 202 g/mol. The molecule has 0 amide bonds.